The van der Waals surface area contributed by atoms with Crippen LogP contribution in [0.1, 0.15) is 73.7 Å². The molecule has 3 N–H and O–H groups in total. The molecule has 1 unspecified atom stereocenters. The largest absolute Gasteiger partial charge is 0.494 e. The smallest absolute Gasteiger partial charge is 0.255 e. The Morgan fingerprint density at radius 1 is 0.953 bits per heavy atom. The number of nitrogens with zero attached hydrogens (tertiary/aromatic N) is 6. The van der Waals surface area contributed by atoms with Crippen molar-refractivity contribution in [2.45, 2.75) is 75.3 Å². The summed E-state index contributed by atoms with van der Waals surface area (Å²) >= 11 is 1.79. The first-order chi connectivity index (χ1) is 31.0. The molecule has 0 bridgehead atoms. The molecule has 2 aliphatic rings. The minimum Gasteiger partial charge on any atom is -0.494 e. The number of thioether (sulfide) groups is 1. The number of rotatable bonds is 22. The van der Waals surface area contributed by atoms with Crippen LogP contribution in [0.4, 0.5) is 23.0 Å². The molecule has 4 heterocycles. The molecule has 5 aromatic rings. The highest BCUT2D eigenvalue weighted by Gasteiger charge is 2.39. The van der Waals surface area contributed by atoms with E-state index in [9.17, 15) is 19.2 Å². The van der Waals surface area contributed by atoms with Crippen LogP contribution >= 0.6 is 11.8 Å². The molecule has 0 aliphatic carbocycles. The summed E-state index contributed by atoms with van der Waals surface area (Å²) in [5.74, 6) is 0.872. The lowest BCUT2D eigenvalue weighted by Crippen LogP contribution is -2.52. The van der Waals surface area contributed by atoms with Crippen molar-refractivity contribution in [2.75, 3.05) is 62.1 Å². The van der Waals surface area contributed by atoms with Gasteiger partial charge in [-0.1, -0.05) is 62.9 Å². The zero-order chi connectivity index (χ0) is 45.2. The maximum Gasteiger partial charge on any atom is 0.255 e. The topological polar surface area (TPSA) is 154 Å². The first-order valence-electron chi connectivity index (χ1n) is 22.1. The predicted molar refractivity (Wildman–Crippen MR) is 255 cm³/mol. The summed E-state index contributed by atoms with van der Waals surface area (Å²) < 4.78 is 7.94. The summed E-state index contributed by atoms with van der Waals surface area (Å²) in [7, 11) is 7.81. The molecule has 3 aromatic carbocycles. The third-order valence-corrected chi connectivity index (χ3v) is 13.2. The summed E-state index contributed by atoms with van der Waals surface area (Å²) in [5, 5.41) is 9.79. The van der Waals surface area contributed by atoms with Crippen molar-refractivity contribution >= 4 is 69.3 Å². The fourth-order valence-electron chi connectivity index (χ4n) is 8.47. The molecule has 1 saturated heterocycles. The molecule has 0 saturated carbocycles. The normalized spacial score (nSPS) is 14.8. The number of ether oxygens (including phenoxy) is 1. The van der Waals surface area contributed by atoms with E-state index in [4.69, 9.17) is 9.72 Å². The number of likely N-dealkylation sites (N-methyl/N-ethyl adjacent to an activating group) is 2. The van der Waals surface area contributed by atoms with E-state index in [2.05, 4.69) is 73.3 Å². The molecular formula is C49H59N9O5S. The standard InChI is InChI=1S/C49H59N9O5S/c1-6-45(59)51-38-29-39(53-49-50-24-23-37(52-49)35-31-57(4)40-19-13-12-17-33(35)40)43(63-5)30-42(38)56(3)27-26-55(2)25-14-10-8-7-9-11-15-28-64-44-20-16-18-34-36(44)32-58(48(34)62)41-21-22-46(60)54-47(41)61/h6,12-13,16-20,23-24,29-31,41H,1,7-11,14-15,21-22,25-28,32H2,2-5H3,(H,51,59)(H,50,52,53)(H,54,60,61). The molecule has 4 amide bonds. The zero-order valence-electron chi connectivity index (χ0n) is 37.3. The van der Waals surface area contributed by atoms with Gasteiger partial charge in [0.25, 0.3) is 5.91 Å². The number of fused-ring (bicyclic) bond motifs is 2. The Kier molecular flexibility index (Phi) is 15.4. The van der Waals surface area contributed by atoms with Gasteiger partial charge in [-0.25, -0.2) is 9.97 Å². The van der Waals surface area contributed by atoms with Gasteiger partial charge in [-0.15, -0.1) is 11.8 Å². The summed E-state index contributed by atoms with van der Waals surface area (Å²) in [6.07, 6.45) is 13.9. The van der Waals surface area contributed by atoms with E-state index < -0.39 is 6.04 Å². The van der Waals surface area contributed by atoms with Crippen LogP contribution in [0, 0.1) is 0 Å². The van der Waals surface area contributed by atoms with Crippen LogP contribution in [0.15, 0.2) is 90.6 Å². The van der Waals surface area contributed by atoms with E-state index in [1.54, 1.807) is 30.0 Å². The quantitative estimate of drug-likeness (QED) is 0.0267. The third-order valence-electron chi connectivity index (χ3n) is 12.0. The van der Waals surface area contributed by atoms with Crippen LogP contribution in [-0.4, -0.2) is 101 Å². The highest BCUT2D eigenvalue weighted by molar-refractivity contribution is 7.99. The minimum absolute atomic E-state index is 0.126. The number of hydrogen-bond donors (Lipinski definition) is 3. The SMILES string of the molecule is C=CC(=O)Nc1cc(Nc2nccc(-c3cn(C)c4ccccc34)n2)c(OC)cc1N(C)CCN(C)CCCCCCCCCSc1cccc2c1CN(C1CCC(=O)NC1=O)C2=O. The lowest BCUT2D eigenvalue weighted by atomic mass is 10.0. The van der Waals surface area contributed by atoms with Crippen LogP contribution in [0.2, 0.25) is 0 Å². The number of methoxy groups -OCH3 is 1. The van der Waals surface area contributed by atoms with E-state index in [0.717, 1.165) is 76.5 Å². The number of hydrogen-bond acceptors (Lipinski definition) is 11. The Hall–Kier alpha value is -6.19. The van der Waals surface area contributed by atoms with Gasteiger partial charge in [-0.3, -0.25) is 24.5 Å². The lowest BCUT2D eigenvalue weighted by Gasteiger charge is -2.29. The molecule has 1 atom stereocenters. The van der Waals surface area contributed by atoms with Gasteiger partial charge in [0.1, 0.15) is 11.8 Å². The average molecular weight is 886 g/mol. The van der Waals surface area contributed by atoms with Gasteiger partial charge in [0, 0.05) is 85.5 Å². The highest BCUT2D eigenvalue weighted by Crippen LogP contribution is 2.39. The van der Waals surface area contributed by atoms with Gasteiger partial charge in [0.2, 0.25) is 23.7 Å². The van der Waals surface area contributed by atoms with Crippen LogP contribution < -0.4 is 25.6 Å². The first kappa shape index (κ1) is 45.8. The summed E-state index contributed by atoms with van der Waals surface area (Å²) in [6, 6.07) is 19.1. The maximum atomic E-state index is 13.2. The summed E-state index contributed by atoms with van der Waals surface area (Å²) in [5.41, 5.74) is 6.61. The number of aromatic nitrogens is 3. The zero-order valence-corrected chi connectivity index (χ0v) is 38.1. The number of imide groups is 1. The van der Waals surface area contributed by atoms with Crippen molar-refractivity contribution in [3.8, 4) is 17.0 Å². The summed E-state index contributed by atoms with van der Waals surface area (Å²) in [6.45, 7) is 6.64. The van der Waals surface area contributed by atoms with Gasteiger partial charge in [0.15, 0.2) is 0 Å². The molecular weight excluding hydrogens is 827 g/mol. The molecule has 2 aromatic heterocycles. The fraction of sp³-hybridized carbons (Fsp3) is 0.388. The predicted octanol–water partition coefficient (Wildman–Crippen LogP) is 8.16. The van der Waals surface area contributed by atoms with E-state index >= 15 is 0 Å². The number of piperidine rings is 1. The lowest BCUT2D eigenvalue weighted by molar-refractivity contribution is -0.137. The Bertz CT molecular complexity index is 2510. The highest BCUT2D eigenvalue weighted by atomic mass is 32.2. The van der Waals surface area contributed by atoms with Crippen molar-refractivity contribution in [3.05, 3.63) is 96.8 Å². The summed E-state index contributed by atoms with van der Waals surface area (Å²) in [4.78, 5) is 66.4. The number of aryl methyl sites for hydroxylation is 1. The van der Waals surface area contributed by atoms with Gasteiger partial charge in [-0.05, 0) is 80.6 Å². The number of anilines is 4. The number of benzene rings is 3. The molecule has 0 spiro atoms. The molecule has 15 heteroatoms. The van der Waals surface area contributed by atoms with E-state index in [-0.39, 0.29) is 30.0 Å². The molecule has 7 rings (SSSR count). The number of para-hydroxylation sites is 1. The second kappa shape index (κ2) is 21.5. The van der Waals surface area contributed by atoms with E-state index in [1.165, 1.54) is 38.2 Å². The number of nitrogens with one attached hydrogen (secondary N) is 3. The van der Waals surface area contributed by atoms with Gasteiger partial charge < -0.3 is 34.6 Å². The van der Waals surface area contributed by atoms with Gasteiger partial charge in [-0.2, -0.15) is 0 Å². The first-order valence-corrected chi connectivity index (χ1v) is 23.1. The van der Waals surface area contributed by atoms with Crippen LogP contribution in [0.3, 0.4) is 0 Å². The van der Waals surface area contributed by atoms with Crippen molar-refractivity contribution < 1.29 is 23.9 Å². The van der Waals surface area contributed by atoms with E-state index in [0.29, 0.717) is 41.6 Å². The van der Waals surface area contributed by atoms with Crippen molar-refractivity contribution in [1.82, 2.24) is 29.7 Å². The Labute approximate surface area is 379 Å². The third kappa shape index (κ3) is 10.9. The number of carbonyl (C=O) groups is 4. The molecule has 0 radical (unpaired) electrons. The number of unbranched alkanes of at least 4 members (excludes halogenated alkanes) is 6. The molecule has 336 valence electrons. The van der Waals surface area contributed by atoms with Crippen LogP contribution in [0.5, 0.6) is 5.75 Å². The maximum absolute atomic E-state index is 13.2. The van der Waals surface area contributed by atoms with Crippen LogP contribution in [-0.2, 0) is 28.0 Å². The average Bonchev–Trinajstić information content (AvgIpc) is 3.82. The van der Waals surface area contributed by atoms with E-state index in [1.807, 2.05) is 56.6 Å². The number of carbonyl (C=O) groups excluding carboxylic acids is 4. The van der Waals surface area contributed by atoms with Gasteiger partial charge >= 0.3 is 0 Å². The molecule has 14 nitrogen and oxygen atoms in total. The monoisotopic (exact) mass is 885 g/mol. The Balaban J connectivity index is 0.833. The van der Waals surface area contributed by atoms with Crippen molar-refractivity contribution in [1.29, 1.82) is 0 Å². The molecule has 1 fully saturated rings. The van der Waals surface area contributed by atoms with Crippen LogP contribution in [0.25, 0.3) is 22.2 Å². The second-order valence-corrected chi connectivity index (χ2v) is 17.7. The Morgan fingerprint density at radius 3 is 2.52 bits per heavy atom. The molecule has 64 heavy (non-hydrogen) atoms. The number of amides is 4. The van der Waals surface area contributed by atoms with Crippen molar-refractivity contribution in [3.63, 3.8) is 0 Å². The van der Waals surface area contributed by atoms with Gasteiger partial charge in [0.05, 0.1) is 29.9 Å². The minimum atomic E-state index is -0.594. The molecule has 2 aliphatic heterocycles. The Morgan fingerprint density at radius 2 is 1.73 bits per heavy atom. The fourth-order valence-corrected chi connectivity index (χ4v) is 9.56. The second-order valence-electron chi connectivity index (χ2n) is 16.6. The van der Waals surface area contributed by atoms with Crippen molar-refractivity contribution in [2.24, 2.45) is 7.05 Å².